The van der Waals surface area contributed by atoms with Gasteiger partial charge in [0.2, 0.25) is 5.91 Å². The van der Waals surface area contributed by atoms with Crippen LogP contribution in [0.4, 0.5) is 14.5 Å². The smallest absolute Gasteiger partial charge is 0.340 e. The van der Waals surface area contributed by atoms with E-state index in [1.54, 1.807) is 0 Å². The molecule has 0 bridgehead atoms. The Labute approximate surface area is 124 Å². The monoisotopic (exact) mass is 310 g/mol. The molecule has 1 aromatic rings. The molecule has 1 aliphatic rings. The Morgan fingerprint density at radius 2 is 2.18 bits per heavy atom. The average Bonchev–Trinajstić information content (AvgIpc) is 2.87. The highest BCUT2D eigenvalue weighted by Gasteiger charge is 2.33. The summed E-state index contributed by atoms with van der Waals surface area (Å²) in [4.78, 5) is 27.5. The molecule has 0 radical (unpaired) electrons. The van der Waals surface area contributed by atoms with Crippen molar-refractivity contribution in [3.05, 3.63) is 39.8 Å². The first-order valence-corrected chi connectivity index (χ1v) is 6.36. The second kappa shape index (κ2) is 6.40. The van der Waals surface area contributed by atoms with Crippen molar-refractivity contribution in [2.45, 2.75) is 6.42 Å². The minimum atomic E-state index is -1.21. The summed E-state index contributed by atoms with van der Waals surface area (Å²) < 4.78 is 31.3. The highest BCUT2D eigenvalue weighted by molar-refractivity contribution is 6.03. The van der Waals surface area contributed by atoms with Gasteiger partial charge >= 0.3 is 5.97 Å². The topological polar surface area (TPSA) is 95.4 Å². The SMILES string of the molecule is COC(=O)c1cc(F)c(F)cc1N1CC(CN=[N+]=[N-])CC1=O. The van der Waals surface area contributed by atoms with E-state index in [2.05, 4.69) is 14.8 Å². The van der Waals surface area contributed by atoms with Crippen LogP contribution in [-0.4, -0.2) is 32.1 Å². The number of hydrogen-bond donors (Lipinski definition) is 0. The van der Waals surface area contributed by atoms with Crippen LogP contribution in [0.25, 0.3) is 10.4 Å². The van der Waals surface area contributed by atoms with Crippen molar-refractivity contribution in [3.63, 3.8) is 0 Å². The summed E-state index contributed by atoms with van der Waals surface area (Å²) >= 11 is 0. The van der Waals surface area contributed by atoms with Gasteiger partial charge in [0, 0.05) is 30.5 Å². The molecule has 9 heteroatoms. The zero-order chi connectivity index (χ0) is 16.3. The van der Waals surface area contributed by atoms with Crippen LogP contribution in [-0.2, 0) is 9.53 Å². The predicted molar refractivity (Wildman–Crippen MR) is 72.2 cm³/mol. The molecule has 0 aromatic heterocycles. The van der Waals surface area contributed by atoms with E-state index < -0.39 is 17.6 Å². The number of halogens is 2. The summed E-state index contributed by atoms with van der Waals surface area (Å²) in [6.45, 7) is 0.253. The third-order valence-corrected chi connectivity index (χ3v) is 3.34. The molecule has 0 saturated carbocycles. The quantitative estimate of drug-likeness (QED) is 0.370. The molecule has 0 aliphatic carbocycles. The van der Waals surface area contributed by atoms with E-state index in [0.29, 0.717) is 6.07 Å². The fraction of sp³-hybridized carbons (Fsp3) is 0.385. The van der Waals surface area contributed by atoms with Crippen LogP contribution in [0.3, 0.4) is 0 Å². The number of carbonyl (C=O) groups is 2. The van der Waals surface area contributed by atoms with Crippen molar-refractivity contribution in [3.8, 4) is 0 Å². The number of anilines is 1. The molecule has 0 spiro atoms. The number of amides is 1. The van der Waals surface area contributed by atoms with Crippen LogP contribution < -0.4 is 4.90 Å². The number of rotatable bonds is 4. The standard InChI is InChI=1S/C13H12F2N4O3/c1-22-13(21)8-3-9(14)10(15)4-11(8)19-6-7(2-12(19)20)5-17-18-16/h3-4,7H,2,5-6H2,1H3. The molecule has 0 N–H and O–H groups in total. The molecule has 1 amide bonds. The lowest BCUT2D eigenvalue weighted by molar-refractivity contribution is -0.117. The lowest BCUT2D eigenvalue weighted by Crippen LogP contribution is -2.27. The van der Waals surface area contributed by atoms with E-state index in [-0.39, 0.29) is 42.6 Å². The normalized spacial score (nSPS) is 17.3. The molecular formula is C13H12F2N4O3. The van der Waals surface area contributed by atoms with Crippen molar-refractivity contribution < 1.29 is 23.1 Å². The number of benzene rings is 1. The maximum absolute atomic E-state index is 13.5. The lowest BCUT2D eigenvalue weighted by atomic mass is 10.1. The maximum Gasteiger partial charge on any atom is 0.340 e. The van der Waals surface area contributed by atoms with E-state index >= 15 is 0 Å². The zero-order valence-electron chi connectivity index (χ0n) is 11.6. The van der Waals surface area contributed by atoms with Gasteiger partial charge in [-0.1, -0.05) is 5.11 Å². The molecular weight excluding hydrogens is 298 g/mol. The van der Waals surface area contributed by atoms with E-state index in [4.69, 9.17) is 5.53 Å². The molecule has 1 aliphatic heterocycles. The van der Waals surface area contributed by atoms with Gasteiger partial charge in [0.05, 0.1) is 18.4 Å². The molecule has 116 valence electrons. The predicted octanol–water partition coefficient (Wildman–Crippen LogP) is 2.41. The van der Waals surface area contributed by atoms with Crippen LogP contribution in [0.1, 0.15) is 16.8 Å². The van der Waals surface area contributed by atoms with Crippen molar-refractivity contribution in [1.82, 2.24) is 0 Å². The second-order valence-electron chi connectivity index (χ2n) is 4.76. The minimum absolute atomic E-state index is 0.0563. The van der Waals surface area contributed by atoms with E-state index in [1.165, 1.54) is 4.90 Å². The number of methoxy groups -OCH3 is 1. The van der Waals surface area contributed by atoms with Crippen molar-refractivity contribution in [2.24, 2.45) is 11.0 Å². The van der Waals surface area contributed by atoms with E-state index in [0.717, 1.165) is 13.2 Å². The first-order valence-electron chi connectivity index (χ1n) is 6.36. The van der Waals surface area contributed by atoms with Crippen LogP contribution in [0, 0.1) is 17.6 Å². The van der Waals surface area contributed by atoms with E-state index in [1.807, 2.05) is 0 Å². The Kier molecular flexibility index (Phi) is 4.57. The maximum atomic E-state index is 13.5. The third kappa shape index (κ3) is 2.99. The molecule has 1 unspecified atom stereocenters. The number of esters is 1. The molecule has 22 heavy (non-hydrogen) atoms. The summed E-state index contributed by atoms with van der Waals surface area (Å²) in [5.74, 6) is -3.87. The molecule has 7 nitrogen and oxygen atoms in total. The number of carbonyl (C=O) groups excluding carboxylic acids is 2. The fourth-order valence-electron chi connectivity index (χ4n) is 2.32. The molecule has 1 saturated heterocycles. The Bertz CT molecular complexity index is 673. The zero-order valence-corrected chi connectivity index (χ0v) is 11.6. The van der Waals surface area contributed by atoms with Gasteiger partial charge in [-0.15, -0.1) is 0 Å². The number of ether oxygens (including phenoxy) is 1. The van der Waals surface area contributed by atoms with Gasteiger partial charge in [-0.3, -0.25) is 4.79 Å². The van der Waals surface area contributed by atoms with Crippen molar-refractivity contribution in [2.75, 3.05) is 25.1 Å². The number of nitrogens with zero attached hydrogens (tertiary/aromatic N) is 4. The van der Waals surface area contributed by atoms with Gasteiger partial charge in [0.15, 0.2) is 11.6 Å². The Balaban J connectivity index is 2.39. The number of hydrogen-bond acceptors (Lipinski definition) is 4. The van der Waals surface area contributed by atoms with Crippen LogP contribution in [0.2, 0.25) is 0 Å². The number of azide groups is 1. The highest BCUT2D eigenvalue weighted by atomic mass is 19.2. The van der Waals surface area contributed by atoms with Gasteiger partial charge in [0.25, 0.3) is 0 Å². The van der Waals surface area contributed by atoms with Crippen molar-refractivity contribution >= 4 is 17.6 Å². The average molecular weight is 310 g/mol. The highest BCUT2D eigenvalue weighted by Crippen LogP contribution is 2.30. The lowest BCUT2D eigenvalue weighted by Gasteiger charge is -2.19. The summed E-state index contributed by atoms with van der Waals surface area (Å²) in [6, 6.07) is 1.49. The molecule has 2 rings (SSSR count). The Morgan fingerprint density at radius 1 is 1.50 bits per heavy atom. The van der Waals surface area contributed by atoms with Gasteiger partial charge in [0.1, 0.15) is 0 Å². The summed E-state index contributed by atoms with van der Waals surface area (Å²) in [5, 5.41) is 3.40. The van der Waals surface area contributed by atoms with Gasteiger partial charge < -0.3 is 9.64 Å². The molecule has 1 heterocycles. The van der Waals surface area contributed by atoms with Gasteiger partial charge in [-0.2, -0.15) is 0 Å². The summed E-state index contributed by atoms with van der Waals surface area (Å²) in [6.07, 6.45) is 0.0959. The Hall–Kier alpha value is -2.67. The first-order chi connectivity index (χ1) is 10.5. The van der Waals surface area contributed by atoms with Crippen LogP contribution in [0.15, 0.2) is 17.2 Å². The fourth-order valence-corrected chi connectivity index (χ4v) is 2.32. The molecule has 1 fully saturated rings. The van der Waals surface area contributed by atoms with Crippen LogP contribution >= 0.6 is 0 Å². The summed E-state index contributed by atoms with van der Waals surface area (Å²) in [5.41, 5.74) is 8.01. The van der Waals surface area contributed by atoms with Gasteiger partial charge in [-0.25, -0.2) is 13.6 Å². The second-order valence-corrected chi connectivity index (χ2v) is 4.76. The first kappa shape index (κ1) is 15.7. The minimum Gasteiger partial charge on any atom is -0.465 e. The van der Waals surface area contributed by atoms with Crippen LogP contribution in [0.5, 0.6) is 0 Å². The van der Waals surface area contributed by atoms with Crippen molar-refractivity contribution in [1.29, 1.82) is 0 Å². The molecule has 1 atom stereocenters. The van der Waals surface area contributed by atoms with Gasteiger partial charge in [-0.05, 0) is 17.5 Å². The van der Waals surface area contributed by atoms with E-state index in [9.17, 15) is 18.4 Å². The largest absolute Gasteiger partial charge is 0.465 e. The Morgan fingerprint density at radius 3 is 2.82 bits per heavy atom. The molecule has 1 aromatic carbocycles. The summed E-state index contributed by atoms with van der Waals surface area (Å²) in [7, 11) is 1.10. The third-order valence-electron chi connectivity index (χ3n) is 3.34.